The van der Waals surface area contributed by atoms with Gasteiger partial charge in [0.1, 0.15) is 0 Å². The van der Waals surface area contributed by atoms with E-state index in [1.54, 1.807) is 12.4 Å². The van der Waals surface area contributed by atoms with Crippen LogP contribution in [-0.4, -0.2) is 26.7 Å². The molecule has 0 radical (unpaired) electrons. The van der Waals surface area contributed by atoms with Gasteiger partial charge in [-0.1, -0.05) is 6.92 Å². The van der Waals surface area contributed by atoms with Crippen molar-refractivity contribution in [2.45, 2.75) is 25.3 Å². The van der Waals surface area contributed by atoms with Crippen LogP contribution in [0.25, 0.3) is 0 Å². The van der Waals surface area contributed by atoms with Crippen LogP contribution in [0.5, 0.6) is 0 Å². The van der Waals surface area contributed by atoms with Crippen LogP contribution in [-0.2, 0) is 22.1 Å². The molecule has 6 nitrogen and oxygen atoms in total. The van der Waals surface area contributed by atoms with Gasteiger partial charge < -0.3 is 14.7 Å². The zero-order valence-electron chi connectivity index (χ0n) is 10.3. The highest BCUT2D eigenvalue weighted by Gasteiger charge is 2.43. The summed E-state index contributed by atoms with van der Waals surface area (Å²) >= 11 is 0. The highest BCUT2D eigenvalue weighted by atomic mass is 31.2. The molecule has 3 N–H and O–H groups in total. The smallest absolute Gasteiger partial charge is 0.344 e. The first-order valence-electron chi connectivity index (χ1n) is 5.47. The monoisotopic (exact) mass is 294 g/mol. The van der Waals surface area contributed by atoms with Crippen LogP contribution < -0.4 is 4.57 Å². The molecule has 1 heterocycles. The number of aromatic nitrogens is 1. The Morgan fingerprint density at radius 3 is 2.06 bits per heavy atom. The summed E-state index contributed by atoms with van der Waals surface area (Å²) < 4.78 is 24.3. The second kappa shape index (κ2) is 5.64. The van der Waals surface area contributed by atoms with E-state index in [4.69, 9.17) is 9.79 Å². The molecule has 0 aliphatic heterocycles. The van der Waals surface area contributed by atoms with E-state index in [2.05, 4.69) is 0 Å². The molecule has 1 aromatic heterocycles. The van der Waals surface area contributed by atoms with Crippen molar-refractivity contribution in [1.29, 1.82) is 0 Å². The fraction of sp³-hybridized carbons (Fsp3) is 0.500. The lowest BCUT2D eigenvalue weighted by molar-refractivity contribution is -0.694. The summed E-state index contributed by atoms with van der Waals surface area (Å²) in [6, 6.07) is 3.63. The Labute approximate surface area is 106 Å². The average molecular weight is 294 g/mol. The van der Waals surface area contributed by atoms with E-state index >= 15 is 0 Å². The zero-order valence-corrected chi connectivity index (χ0v) is 12.1. The summed E-state index contributed by atoms with van der Waals surface area (Å²) in [5, 5.41) is -1.57. The molecule has 0 aromatic carbocycles. The molecular weight excluding hydrogens is 276 g/mol. The van der Waals surface area contributed by atoms with Crippen molar-refractivity contribution in [2.75, 3.05) is 6.66 Å². The fourth-order valence-electron chi connectivity index (χ4n) is 1.57. The standard InChI is InChI=1S/C10H17NO5P2/c1-3-9-4-6-11(7-5-9)8-10(17(2,12)13)18(14,15)16/h4-7,10H,3,8H2,1-2H3,(H2-,12,13,14,15,16)/p+1. The van der Waals surface area contributed by atoms with Crippen molar-refractivity contribution in [3.05, 3.63) is 30.1 Å². The third-order valence-corrected chi connectivity index (χ3v) is 7.08. The van der Waals surface area contributed by atoms with Crippen molar-refractivity contribution in [3.8, 4) is 0 Å². The lowest BCUT2D eigenvalue weighted by Crippen LogP contribution is -2.39. The van der Waals surface area contributed by atoms with Gasteiger partial charge in [0.2, 0.25) is 7.37 Å². The van der Waals surface area contributed by atoms with Gasteiger partial charge in [0, 0.05) is 18.8 Å². The van der Waals surface area contributed by atoms with Gasteiger partial charge in [-0.2, -0.15) is 0 Å². The molecule has 0 spiro atoms. The third-order valence-electron chi connectivity index (χ3n) is 2.68. The van der Waals surface area contributed by atoms with E-state index in [9.17, 15) is 14.0 Å². The maximum absolute atomic E-state index is 11.5. The molecule has 18 heavy (non-hydrogen) atoms. The second-order valence-corrected chi connectivity index (χ2v) is 8.99. The predicted molar refractivity (Wildman–Crippen MR) is 67.6 cm³/mol. The van der Waals surface area contributed by atoms with Gasteiger partial charge in [-0.05, 0) is 12.0 Å². The van der Waals surface area contributed by atoms with Crippen LogP contribution in [0.3, 0.4) is 0 Å². The Hall–Kier alpha value is -0.510. The topological polar surface area (TPSA) is 98.7 Å². The fourth-order valence-corrected chi connectivity index (χ4v) is 4.70. The van der Waals surface area contributed by atoms with Crippen LogP contribution >= 0.6 is 15.0 Å². The number of aryl methyl sites for hydroxylation is 1. The SMILES string of the molecule is CCc1cc[n+](CC(P(C)(=O)O)P(=O)(O)O)cc1. The maximum Gasteiger partial charge on any atom is 0.344 e. The molecule has 8 heteroatoms. The van der Waals surface area contributed by atoms with Gasteiger partial charge in [-0.25, -0.2) is 4.57 Å². The Kier molecular flexibility index (Phi) is 4.87. The van der Waals surface area contributed by atoms with E-state index in [1.807, 2.05) is 19.1 Å². The van der Waals surface area contributed by atoms with Crippen LogP contribution in [0.15, 0.2) is 24.5 Å². The van der Waals surface area contributed by atoms with Gasteiger partial charge >= 0.3 is 7.60 Å². The molecule has 1 aromatic rings. The molecule has 0 aliphatic rings. The van der Waals surface area contributed by atoms with Crippen LogP contribution in [0.2, 0.25) is 0 Å². The van der Waals surface area contributed by atoms with Gasteiger partial charge in [0.15, 0.2) is 24.3 Å². The quantitative estimate of drug-likeness (QED) is 0.554. The second-order valence-electron chi connectivity index (χ2n) is 4.27. The third kappa shape index (κ3) is 4.30. The molecule has 1 rings (SSSR count). The van der Waals surface area contributed by atoms with Crippen molar-refractivity contribution in [1.82, 2.24) is 0 Å². The minimum absolute atomic E-state index is 0.182. The van der Waals surface area contributed by atoms with Crippen LogP contribution in [0, 0.1) is 0 Å². The first-order chi connectivity index (χ1) is 8.14. The van der Waals surface area contributed by atoms with E-state index in [1.165, 1.54) is 4.57 Å². The summed E-state index contributed by atoms with van der Waals surface area (Å²) in [7, 11) is -8.48. The molecule has 2 atom stereocenters. The Morgan fingerprint density at radius 2 is 1.72 bits per heavy atom. The van der Waals surface area contributed by atoms with E-state index in [-0.39, 0.29) is 6.54 Å². The molecule has 102 valence electrons. The normalized spacial score (nSPS) is 17.2. The Bertz CT molecular complexity index is 467. The van der Waals surface area contributed by atoms with Gasteiger partial charge in [0.05, 0.1) is 0 Å². The minimum Gasteiger partial charge on any atom is -0.344 e. The number of pyridine rings is 1. The lowest BCUT2D eigenvalue weighted by Gasteiger charge is -2.18. The van der Waals surface area contributed by atoms with Crippen molar-refractivity contribution >= 4 is 15.0 Å². The first-order valence-corrected chi connectivity index (χ1v) is 9.33. The van der Waals surface area contributed by atoms with E-state index < -0.39 is 20.4 Å². The van der Waals surface area contributed by atoms with Gasteiger partial charge in [0.25, 0.3) is 0 Å². The van der Waals surface area contributed by atoms with Crippen molar-refractivity contribution < 1.29 is 28.4 Å². The van der Waals surface area contributed by atoms with Gasteiger partial charge in [-0.3, -0.25) is 9.13 Å². The van der Waals surface area contributed by atoms with Crippen LogP contribution in [0.4, 0.5) is 0 Å². The highest BCUT2D eigenvalue weighted by Crippen LogP contribution is 2.60. The molecule has 2 unspecified atom stereocenters. The summed E-state index contributed by atoms with van der Waals surface area (Å²) in [5.74, 6) is 0. The molecule has 0 aliphatic carbocycles. The van der Waals surface area contributed by atoms with Crippen molar-refractivity contribution in [2.24, 2.45) is 0 Å². The largest absolute Gasteiger partial charge is 0.344 e. The zero-order chi connectivity index (χ0) is 14.0. The Morgan fingerprint density at radius 1 is 1.22 bits per heavy atom. The molecule has 0 amide bonds. The summed E-state index contributed by atoms with van der Waals surface area (Å²) in [4.78, 5) is 27.7. The predicted octanol–water partition coefficient (Wildman–Crippen LogP) is 0.940. The Balaban J connectivity index is 2.97. The summed E-state index contributed by atoms with van der Waals surface area (Å²) in [6.07, 6.45) is 4.16. The lowest BCUT2D eigenvalue weighted by atomic mass is 10.2. The summed E-state index contributed by atoms with van der Waals surface area (Å²) in [5.41, 5.74) is 1.09. The summed E-state index contributed by atoms with van der Waals surface area (Å²) in [6.45, 7) is 2.78. The highest BCUT2D eigenvalue weighted by molar-refractivity contribution is 7.73. The molecule has 0 bridgehead atoms. The molecule has 0 fully saturated rings. The number of hydrogen-bond acceptors (Lipinski definition) is 2. The number of rotatable bonds is 5. The van der Waals surface area contributed by atoms with E-state index in [0.29, 0.717) is 0 Å². The van der Waals surface area contributed by atoms with Crippen LogP contribution in [0.1, 0.15) is 12.5 Å². The maximum atomic E-state index is 11.5. The molecule has 0 saturated carbocycles. The average Bonchev–Trinajstić information content (AvgIpc) is 2.23. The number of nitrogens with zero attached hydrogens (tertiary/aromatic N) is 1. The van der Waals surface area contributed by atoms with Crippen molar-refractivity contribution in [3.63, 3.8) is 0 Å². The minimum atomic E-state index is -4.62. The molecular formula is C10H18NO5P2+. The molecule has 0 saturated heterocycles. The number of hydrogen-bond donors (Lipinski definition) is 3. The van der Waals surface area contributed by atoms with Gasteiger partial charge in [-0.15, -0.1) is 0 Å². The first kappa shape index (κ1) is 15.5. The van der Waals surface area contributed by atoms with E-state index in [0.717, 1.165) is 18.6 Å².